The van der Waals surface area contributed by atoms with E-state index in [1.807, 2.05) is 12.1 Å². The Morgan fingerprint density at radius 3 is 2.70 bits per heavy atom. The van der Waals surface area contributed by atoms with Gasteiger partial charge in [-0.15, -0.1) is 5.10 Å². The van der Waals surface area contributed by atoms with Crippen LogP contribution in [0.1, 0.15) is 5.69 Å². The van der Waals surface area contributed by atoms with Crippen LogP contribution in [0.5, 0.6) is 0 Å². The number of nitrogens with zero attached hydrogens (tertiary/aromatic N) is 4. The molecule has 2 aromatic carbocycles. The van der Waals surface area contributed by atoms with Gasteiger partial charge in [-0.3, -0.25) is 4.98 Å². The molecule has 0 spiro atoms. The Kier molecular flexibility index (Phi) is 4.61. The number of pyridine rings is 1. The first-order valence-electron chi connectivity index (χ1n) is 8.03. The molecule has 0 radical (unpaired) electrons. The second kappa shape index (κ2) is 7.07. The van der Waals surface area contributed by atoms with Crippen LogP contribution in [0, 0.1) is 0 Å². The lowest BCUT2D eigenvalue weighted by Crippen LogP contribution is -2.23. The highest BCUT2D eigenvalue weighted by molar-refractivity contribution is 7.89. The highest BCUT2D eigenvalue weighted by Gasteiger charge is 2.14. The number of fused-ring (bicyclic) bond motifs is 1. The Morgan fingerprint density at radius 1 is 1.07 bits per heavy atom. The van der Waals surface area contributed by atoms with E-state index in [-0.39, 0.29) is 11.4 Å². The number of benzene rings is 2. The van der Waals surface area contributed by atoms with E-state index in [2.05, 4.69) is 20.0 Å². The third-order valence-electron chi connectivity index (χ3n) is 3.97. The van der Waals surface area contributed by atoms with E-state index in [1.165, 1.54) is 12.1 Å². The summed E-state index contributed by atoms with van der Waals surface area (Å²) >= 11 is 6.02. The Labute approximate surface area is 160 Å². The third-order valence-corrected chi connectivity index (χ3v) is 5.62. The van der Waals surface area contributed by atoms with E-state index >= 15 is 0 Å². The van der Waals surface area contributed by atoms with Gasteiger partial charge in [-0.05, 0) is 36.4 Å². The first kappa shape index (κ1) is 17.6. The van der Waals surface area contributed by atoms with E-state index in [9.17, 15) is 8.42 Å². The summed E-state index contributed by atoms with van der Waals surface area (Å²) in [4.78, 5) is 4.50. The molecular weight excluding hydrogens is 386 g/mol. The van der Waals surface area contributed by atoms with Crippen LogP contribution >= 0.6 is 11.6 Å². The summed E-state index contributed by atoms with van der Waals surface area (Å²) < 4.78 is 28.7. The maximum atomic E-state index is 12.3. The fourth-order valence-electron chi connectivity index (χ4n) is 2.66. The summed E-state index contributed by atoms with van der Waals surface area (Å²) in [6.45, 7) is 0.0338. The molecule has 27 heavy (non-hydrogen) atoms. The van der Waals surface area contributed by atoms with Gasteiger partial charge in [-0.25, -0.2) is 17.8 Å². The molecule has 0 saturated heterocycles. The molecule has 4 aromatic rings. The van der Waals surface area contributed by atoms with Crippen LogP contribution in [0.3, 0.4) is 0 Å². The summed E-state index contributed by atoms with van der Waals surface area (Å²) in [5.41, 5.74) is 2.01. The monoisotopic (exact) mass is 399 g/mol. The van der Waals surface area contributed by atoms with Crippen LogP contribution in [0.2, 0.25) is 5.02 Å². The minimum absolute atomic E-state index is 0.0338. The van der Waals surface area contributed by atoms with Gasteiger partial charge >= 0.3 is 0 Å². The van der Waals surface area contributed by atoms with Gasteiger partial charge in [0.15, 0.2) is 0 Å². The van der Waals surface area contributed by atoms with E-state index in [0.29, 0.717) is 10.7 Å². The van der Waals surface area contributed by atoms with Crippen molar-refractivity contribution in [2.45, 2.75) is 11.4 Å². The van der Waals surface area contributed by atoms with Crippen molar-refractivity contribution in [3.63, 3.8) is 0 Å². The van der Waals surface area contributed by atoms with Crippen LogP contribution in [0.25, 0.3) is 16.6 Å². The van der Waals surface area contributed by atoms with Crippen LogP contribution in [0.4, 0.5) is 0 Å². The largest absolute Gasteiger partial charge is 0.256 e. The van der Waals surface area contributed by atoms with Gasteiger partial charge in [-0.2, -0.15) is 0 Å². The highest BCUT2D eigenvalue weighted by atomic mass is 35.5. The maximum Gasteiger partial charge on any atom is 0.240 e. The predicted molar refractivity (Wildman–Crippen MR) is 102 cm³/mol. The highest BCUT2D eigenvalue weighted by Crippen LogP contribution is 2.23. The molecule has 136 valence electrons. The topological polar surface area (TPSA) is 89.8 Å². The number of sulfonamides is 1. The molecule has 0 fully saturated rings. The maximum absolute atomic E-state index is 12.3. The van der Waals surface area contributed by atoms with Crippen molar-refractivity contribution in [2.24, 2.45) is 0 Å². The van der Waals surface area contributed by atoms with Gasteiger partial charge in [0, 0.05) is 16.6 Å². The summed E-state index contributed by atoms with van der Waals surface area (Å²) in [5.74, 6) is 0. The summed E-state index contributed by atoms with van der Waals surface area (Å²) in [5, 5.41) is 9.62. The van der Waals surface area contributed by atoms with Gasteiger partial charge in [0.1, 0.15) is 0 Å². The van der Waals surface area contributed by atoms with Gasteiger partial charge in [0.25, 0.3) is 0 Å². The molecule has 0 bridgehead atoms. The quantitative estimate of drug-likeness (QED) is 0.557. The molecule has 2 aromatic heterocycles. The Hall–Kier alpha value is -2.81. The minimum Gasteiger partial charge on any atom is -0.256 e. The molecule has 2 heterocycles. The number of aromatic nitrogens is 4. The molecule has 0 unspecified atom stereocenters. The number of halogens is 1. The second-order valence-corrected chi connectivity index (χ2v) is 7.99. The lowest BCUT2D eigenvalue weighted by Gasteiger charge is -2.05. The van der Waals surface area contributed by atoms with Crippen molar-refractivity contribution < 1.29 is 8.42 Å². The molecule has 0 amide bonds. The van der Waals surface area contributed by atoms with E-state index in [4.69, 9.17) is 11.6 Å². The van der Waals surface area contributed by atoms with E-state index < -0.39 is 10.0 Å². The van der Waals surface area contributed by atoms with Crippen LogP contribution in [-0.4, -0.2) is 28.4 Å². The standard InChI is InChI=1S/C18H14ClN5O2S/c19-13-6-7-16-17(10-13)20-9-8-18(16)24-12-14(22-23-24)11-21-27(25,26)15-4-2-1-3-5-15/h1-10,12,21H,11H2. The second-order valence-electron chi connectivity index (χ2n) is 5.78. The molecule has 0 saturated carbocycles. The predicted octanol–water partition coefficient (Wildman–Crippen LogP) is 2.95. The van der Waals surface area contributed by atoms with Crippen molar-refractivity contribution in [3.8, 4) is 5.69 Å². The normalized spacial score (nSPS) is 11.7. The van der Waals surface area contributed by atoms with E-state index in [0.717, 1.165) is 16.6 Å². The van der Waals surface area contributed by atoms with Crippen molar-refractivity contribution in [3.05, 3.63) is 77.7 Å². The number of rotatable bonds is 5. The summed E-state index contributed by atoms with van der Waals surface area (Å²) in [7, 11) is -3.60. The molecule has 4 rings (SSSR count). The van der Waals surface area contributed by atoms with Gasteiger partial charge in [0.2, 0.25) is 10.0 Å². The fourth-order valence-corrected chi connectivity index (χ4v) is 3.84. The zero-order chi connectivity index (χ0) is 18.9. The van der Waals surface area contributed by atoms with Crippen LogP contribution in [-0.2, 0) is 16.6 Å². The summed E-state index contributed by atoms with van der Waals surface area (Å²) in [6, 6.07) is 15.4. The first-order valence-corrected chi connectivity index (χ1v) is 9.90. The average molecular weight is 400 g/mol. The van der Waals surface area contributed by atoms with Crippen LogP contribution < -0.4 is 4.72 Å². The molecule has 0 aliphatic heterocycles. The first-order chi connectivity index (χ1) is 13.0. The van der Waals surface area contributed by atoms with Crippen molar-refractivity contribution in [1.82, 2.24) is 24.7 Å². The lowest BCUT2D eigenvalue weighted by atomic mass is 10.2. The molecule has 0 aliphatic carbocycles. The molecule has 0 aliphatic rings. The van der Waals surface area contributed by atoms with E-state index in [1.54, 1.807) is 47.4 Å². The minimum atomic E-state index is -3.60. The average Bonchev–Trinajstić information content (AvgIpc) is 3.15. The Morgan fingerprint density at radius 2 is 1.89 bits per heavy atom. The third kappa shape index (κ3) is 3.68. The van der Waals surface area contributed by atoms with Gasteiger partial charge in [-0.1, -0.05) is 35.0 Å². The molecular formula is C18H14ClN5O2S. The Balaban J connectivity index is 1.58. The summed E-state index contributed by atoms with van der Waals surface area (Å²) in [6.07, 6.45) is 3.34. The van der Waals surface area contributed by atoms with Crippen molar-refractivity contribution in [1.29, 1.82) is 0 Å². The fraction of sp³-hybridized carbons (Fsp3) is 0.0556. The van der Waals surface area contributed by atoms with Crippen molar-refractivity contribution >= 4 is 32.5 Å². The molecule has 9 heteroatoms. The van der Waals surface area contributed by atoms with Crippen LogP contribution in [0.15, 0.2) is 71.9 Å². The zero-order valence-electron chi connectivity index (χ0n) is 13.9. The lowest BCUT2D eigenvalue weighted by molar-refractivity contribution is 0.580. The zero-order valence-corrected chi connectivity index (χ0v) is 15.5. The van der Waals surface area contributed by atoms with Gasteiger partial charge < -0.3 is 0 Å². The van der Waals surface area contributed by atoms with Gasteiger partial charge in [0.05, 0.1) is 34.5 Å². The number of hydrogen-bond donors (Lipinski definition) is 1. The molecule has 7 nitrogen and oxygen atoms in total. The molecule has 1 N–H and O–H groups in total. The SMILES string of the molecule is O=S(=O)(NCc1cn(-c2ccnc3cc(Cl)ccc23)nn1)c1ccccc1. The molecule has 0 atom stereocenters. The van der Waals surface area contributed by atoms with Crippen molar-refractivity contribution in [2.75, 3.05) is 0 Å². The number of hydrogen-bond acceptors (Lipinski definition) is 5. The Bertz CT molecular complexity index is 1210. The number of nitrogens with one attached hydrogen (secondary N) is 1. The smallest absolute Gasteiger partial charge is 0.240 e.